The quantitative estimate of drug-likeness (QED) is 0.150. The third-order valence-corrected chi connectivity index (χ3v) is 8.82. The van der Waals surface area contributed by atoms with Crippen LogP contribution in [0.4, 0.5) is 11.4 Å². The van der Waals surface area contributed by atoms with Crippen LogP contribution < -0.4 is 25.7 Å². The zero-order valence-corrected chi connectivity index (χ0v) is 27.9. The first-order valence-corrected chi connectivity index (χ1v) is 16.8. The van der Waals surface area contributed by atoms with Crippen molar-refractivity contribution in [1.29, 1.82) is 0 Å². The standard InChI is InChI=1S/C41H43N5O3/c1-31-10-5-6-15-37(31)34-20-18-32(19-21-34)30-46(38-16-7-8-17-39(38)49-36-14-9-11-33(28-36)29-42)41(48)23-22-40(47)43-45-26-24-44(25-27-45)35-12-3-2-4-13-35/h2-21,28H,22-27,29-30,42H2,1H3,(H,43,47). The number of amides is 2. The van der Waals surface area contributed by atoms with Crippen molar-refractivity contribution in [3.8, 4) is 22.6 Å². The van der Waals surface area contributed by atoms with Gasteiger partial charge >= 0.3 is 0 Å². The lowest BCUT2D eigenvalue weighted by Crippen LogP contribution is -2.53. The first-order valence-electron chi connectivity index (χ1n) is 16.8. The highest BCUT2D eigenvalue weighted by Gasteiger charge is 2.23. The van der Waals surface area contributed by atoms with E-state index in [0.29, 0.717) is 43.4 Å². The molecule has 0 atom stereocenters. The molecule has 0 radical (unpaired) electrons. The number of aryl methyl sites for hydroxylation is 1. The average molecular weight is 654 g/mol. The summed E-state index contributed by atoms with van der Waals surface area (Å²) in [5, 5.41) is 1.94. The Morgan fingerprint density at radius 1 is 0.755 bits per heavy atom. The molecule has 0 spiro atoms. The van der Waals surface area contributed by atoms with Gasteiger partial charge in [-0.05, 0) is 71.1 Å². The Bertz CT molecular complexity index is 1850. The van der Waals surface area contributed by atoms with Crippen molar-refractivity contribution in [1.82, 2.24) is 10.4 Å². The Labute approximate surface area is 288 Å². The number of piperazine rings is 1. The number of nitrogens with one attached hydrogen (secondary N) is 1. The summed E-state index contributed by atoms with van der Waals surface area (Å²) in [5.74, 6) is 0.838. The van der Waals surface area contributed by atoms with Crippen LogP contribution in [-0.4, -0.2) is 43.0 Å². The predicted molar refractivity (Wildman–Crippen MR) is 196 cm³/mol. The van der Waals surface area contributed by atoms with Gasteiger partial charge in [0.1, 0.15) is 5.75 Å². The normalized spacial score (nSPS) is 13.1. The van der Waals surface area contributed by atoms with Crippen LogP contribution in [0.25, 0.3) is 11.1 Å². The van der Waals surface area contributed by atoms with Crippen molar-refractivity contribution in [3.05, 3.63) is 144 Å². The fraction of sp³-hybridized carbons (Fsp3) is 0.220. The van der Waals surface area contributed by atoms with Crippen molar-refractivity contribution >= 4 is 23.2 Å². The molecule has 8 heteroatoms. The third kappa shape index (κ3) is 8.73. The summed E-state index contributed by atoms with van der Waals surface area (Å²) in [6, 6.07) is 42.0. The molecule has 0 aliphatic carbocycles. The van der Waals surface area contributed by atoms with Gasteiger partial charge in [0.2, 0.25) is 11.8 Å². The predicted octanol–water partition coefficient (Wildman–Crippen LogP) is 7.08. The summed E-state index contributed by atoms with van der Waals surface area (Å²) in [6.45, 7) is 5.84. The molecule has 3 N–H and O–H groups in total. The minimum Gasteiger partial charge on any atom is -0.455 e. The lowest BCUT2D eigenvalue weighted by molar-refractivity contribution is -0.128. The molecule has 0 aromatic heterocycles. The number of nitrogens with two attached hydrogens (primary N) is 1. The lowest BCUT2D eigenvalue weighted by Gasteiger charge is -2.36. The van der Waals surface area contributed by atoms with E-state index >= 15 is 0 Å². The van der Waals surface area contributed by atoms with Crippen LogP contribution in [0.1, 0.15) is 29.5 Å². The number of benzene rings is 5. The van der Waals surface area contributed by atoms with Crippen molar-refractivity contribution in [3.63, 3.8) is 0 Å². The number of ether oxygens (including phenoxy) is 1. The van der Waals surface area contributed by atoms with Gasteiger partial charge < -0.3 is 20.3 Å². The second-order valence-corrected chi connectivity index (χ2v) is 12.3. The van der Waals surface area contributed by atoms with Gasteiger partial charge in [0.15, 0.2) is 5.75 Å². The molecule has 8 nitrogen and oxygen atoms in total. The van der Waals surface area contributed by atoms with Crippen LogP contribution in [0.5, 0.6) is 11.5 Å². The number of carbonyl (C=O) groups is 2. The second-order valence-electron chi connectivity index (χ2n) is 12.3. The van der Waals surface area contributed by atoms with Gasteiger partial charge in [0.05, 0.1) is 12.2 Å². The van der Waals surface area contributed by atoms with Gasteiger partial charge in [0, 0.05) is 51.3 Å². The van der Waals surface area contributed by atoms with E-state index in [0.717, 1.165) is 29.8 Å². The fourth-order valence-electron chi connectivity index (χ4n) is 6.11. The molecule has 0 bridgehead atoms. The molecule has 1 saturated heterocycles. The summed E-state index contributed by atoms with van der Waals surface area (Å²) in [4.78, 5) is 31.1. The first kappa shape index (κ1) is 33.5. The molecule has 1 aliphatic heterocycles. The lowest BCUT2D eigenvalue weighted by atomic mass is 9.99. The average Bonchev–Trinajstić information content (AvgIpc) is 3.14. The number of para-hydroxylation sites is 3. The van der Waals surface area contributed by atoms with E-state index in [1.165, 1.54) is 16.8 Å². The molecule has 1 heterocycles. The van der Waals surface area contributed by atoms with E-state index in [1.807, 2.05) is 83.9 Å². The van der Waals surface area contributed by atoms with Crippen LogP contribution in [0, 0.1) is 6.92 Å². The second kappa shape index (κ2) is 16.1. The number of anilines is 2. The number of hydrogen-bond donors (Lipinski definition) is 2. The highest BCUT2D eigenvalue weighted by molar-refractivity contribution is 5.96. The minimum atomic E-state index is -0.174. The maximum atomic E-state index is 14.0. The molecule has 0 unspecified atom stereocenters. The number of carbonyl (C=O) groups excluding carboxylic acids is 2. The number of rotatable bonds is 12. The van der Waals surface area contributed by atoms with E-state index in [2.05, 4.69) is 65.8 Å². The number of nitrogens with zero attached hydrogens (tertiary/aromatic N) is 3. The third-order valence-electron chi connectivity index (χ3n) is 8.82. The topological polar surface area (TPSA) is 91.1 Å². The van der Waals surface area contributed by atoms with Gasteiger partial charge in [-0.1, -0.05) is 91.0 Å². The maximum Gasteiger partial charge on any atom is 0.234 e. The van der Waals surface area contributed by atoms with E-state index < -0.39 is 0 Å². The maximum absolute atomic E-state index is 14.0. The highest BCUT2D eigenvalue weighted by atomic mass is 16.5. The molecule has 1 aliphatic rings. The Kier molecular flexibility index (Phi) is 11.0. The van der Waals surface area contributed by atoms with Gasteiger partial charge in [-0.25, -0.2) is 5.01 Å². The Hall–Kier alpha value is -5.44. The summed E-state index contributed by atoms with van der Waals surface area (Å²) in [7, 11) is 0. The molecule has 1 fully saturated rings. The number of hydrazine groups is 1. The summed E-state index contributed by atoms with van der Waals surface area (Å²) >= 11 is 0. The van der Waals surface area contributed by atoms with Gasteiger partial charge in [-0.3, -0.25) is 15.0 Å². The molecule has 250 valence electrons. The molecule has 0 saturated carbocycles. The van der Waals surface area contributed by atoms with E-state index in [4.69, 9.17) is 10.5 Å². The molecule has 2 amide bonds. The van der Waals surface area contributed by atoms with E-state index in [1.54, 1.807) is 4.90 Å². The molecular weight excluding hydrogens is 610 g/mol. The zero-order valence-electron chi connectivity index (χ0n) is 27.9. The highest BCUT2D eigenvalue weighted by Crippen LogP contribution is 2.34. The first-order chi connectivity index (χ1) is 24.0. The van der Waals surface area contributed by atoms with Crippen molar-refractivity contribution in [2.45, 2.75) is 32.9 Å². The van der Waals surface area contributed by atoms with Crippen LogP contribution in [-0.2, 0) is 22.7 Å². The molecule has 49 heavy (non-hydrogen) atoms. The summed E-state index contributed by atoms with van der Waals surface area (Å²) < 4.78 is 6.34. The van der Waals surface area contributed by atoms with E-state index in [-0.39, 0.29) is 24.7 Å². The Morgan fingerprint density at radius 3 is 2.22 bits per heavy atom. The largest absolute Gasteiger partial charge is 0.455 e. The van der Waals surface area contributed by atoms with Crippen molar-refractivity contribution in [2.75, 3.05) is 36.0 Å². The van der Waals surface area contributed by atoms with Gasteiger partial charge in [0.25, 0.3) is 0 Å². The van der Waals surface area contributed by atoms with Gasteiger partial charge in [-0.2, -0.15) is 0 Å². The van der Waals surface area contributed by atoms with Crippen molar-refractivity contribution < 1.29 is 14.3 Å². The smallest absolute Gasteiger partial charge is 0.234 e. The Morgan fingerprint density at radius 2 is 1.47 bits per heavy atom. The zero-order chi connectivity index (χ0) is 34.0. The Balaban J connectivity index is 1.16. The summed E-state index contributed by atoms with van der Waals surface area (Å²) in [5.41, 5.74) is 16.1. The van der Waals surface area contributed by atoms with E-state index in [9.17, 15) is 9.59 Å². The van der Waals surface area contributed by atoms with Crippen LogP contribution in [0.15, 0.2) is 127 Å². The van der Waals surface area contributed by atoms with Crippen LogP contribution in [0.3, 0.4) is 0 Å². The minimum absolute atomic E-state index is 0.0497. The SMILES string of the molecule is Cc1ccccc1-c1ccc(CN(C(=O)CCC(=O)NN2CCN(c3ccccc3)CC2)c2ccccc2Oc2cccc(CN)c2)cc1. The van der Waals surface area contributed by atoms with Crippen LogP contribution >= 0.6 is 0 Å². The van der Waals surface area contributed by atoms with Gasteiger partial charge in [-0.15, -0.1) is 0 Å². The fourth-order valence-corrected chi connectivity index (χ4v) is 6.11. The van der Waals surface area contributed by atoms with Crippen LogP contribution in [0.2, 0.25) is 0 Å². The summed E-state index contributed by atoms with van der Waals surface area (Å²) in [6.07, 6.45) is 0.121. The molecule has 6 rings (SSSR count). The molecule has 5 aromatic carbocycles. The number of hydrogen-bond acceptors (Lipinski definition) is 6. The molecule has 5 aromatic rings. The van der Waals surface area contributed by atoms with Crippen molar-refractivity contribution in [2.24, 2.45) is 5.73 Å². The monoisotopic (exact) mass is 653 g/mol. The molecular formula is C41H43N5O3.